The molecular weight excluding hydrogens is 248 g/mol. The van der Waals surface area contributed by atoms with Gasteiger partial charge < -0.3 is 5.11 Å². The normalized spacial score (nSPS) is 10.0. The molecule has 0 aromatic heterocycles. The first-order chi connectivity index (χ1) is 9.72. The number of Topliss-reactive ketones (excluding diaryl/α,β-unsaturated/α-hetero) is 1. The van der Waals surface area contributed by atoms with E-state index in [9.17, 15) is 4.79 Å². The fourth-order valence-corrected chi connectivity index (χ4v) is 1.94. The van der Waals surface area contributed by atoms with Crippen LogP contribution < -0.4 is 0 Å². The minimum Gasteiger partial charge on any atom is -0.396 e. The molecule has 0 bridgehead atoms. The molecule has 0 radical (unpaired) electrons. The molecule has 0 saturated carbocycles. The maximum absolute atomic E-state index is 11.0. The Bertz CT molecular complexity index is 160. The Morgan fingerprint density at radius 2 is 1.05 bits per heavy atom. The summed E-state index contributed by atoms with van der Waals surface area (Å²) in [5.74, 6) is 0.448. The molecule has 0 unspecified atom stereocenters. The van der Waals surface area contributed by atoms with Gasteiger partial charge in [0.1, 0.15) is 5.78 Å². The molecule has 0 aliphatic rings. The van der Waals surface area contributed by atoms with E-state index in [1.54, 1.807) is 0 Å². The van der Waals surface area contributed by atoms with Crippen LogP contribution >= 0.6 is 0 Å². The molecule has 0 saturated heterocycles. The molecule has 2 nitrogen and oxygen atoms in total. The van der Waals surface area contributed by atoms with Crippen molar-refractivity contribution in [2.24, 2.45) is 0 Å². The van der Waals surface area contributed by atoms with E-state index in [0.29, 0.717) is 12.4 Å². The van der Waals surface area contributed by atoms with E-state index in [1.165, 1.54) is 38.5 Å². The zero-order valence-electron chi connectivity index (χ0n) is 14.3. The van der Waals surface area contributed by atoms with Gasteiger partial charge in [0.05, 0.1) is 0 Å². The molecule has 122 valence electrons. The summed E-state index contributed by atoms with van der Waals surface area (Å²) in [4.78, 5) is 11.0. The third-order valence-corrected chi connectivity index (χ3v) is 3.38. The monoisotopic (exact) mass is 286 g/mol. The first kappa shape index (κ1) is 21.9. The number of ketones is 1. The number of aliphatic hydroxyl groups is 1. The third kappa shape index (κ3) is 22.8. The summed E-state index contributed by atoms with van der Waals surface area (Å²) >= 11 is 0. The molecule has 20 heavy (non-hydrogen) atoms. The highest BCUT2D eigenvalue weighted by Crippen LogP contribution is 2.06. The Morgan fingerprint density at radius 3 is 1.45 bits per heavy atom. The smallest absolute Gasteiger partial charge is 0.132 e. The van der Waals surface area contributed by atoms with Gasteiger partial charge in [0, 0.05) is 19.4 Å². The summed E-state index contributed by atoms with van der Waals surface area (Å²) in [6.07, 6.45) is 15.0. The number of hydrogen-bond acceptors (Lipinski definition) is 2. The summed E-state index contributed by atoms with van der Waals surface area (Å²) in [7, 11) is 0. The molecule has 0 aliphatic carbocycles. The van der Waals surface area contributed by atoms with Gasteiger partial charge in [-0.05, 0) is 19.3 Å². The number of carbonyl (C=O) groups is 1. The van der Waals surface area contributed by atoms with Gasteiger partial charge in [-0.15, -0.1) is 0 Å². The summed E-state index contributed by atoms with van der Waals surface area (Å²) in [5.41, 5.74) is 0. The van der Waals surface area contributed by atoms with Crippen LogP contribution in [0.2, 0.25) is 0 Å². The minimum atomic E-state index is 0.369. The number of aliphatic hydroxyl groups excluding tert-OH is 1. The van der Waals surface area contributed by atoms with Gasteiger partial charge in [-0.1, -0.05) is 72.1 Å². The molecule has 0 heterocycles. The van der Waals surface area contributed by atoms with Gasteiger partial charge in [-0.2, -0.15) is 0 Å². The quantitative estimate of drug-likeness (QED) is 0.443. The average molecular weight is 286 g/mol. The van der Waals surface area contributed by atoms with Crippen molar-refractivity contribution >= 4 is 5.78 Å². The summed E-state index contributed by atoms with van der Waals surface area (Å²) in [6, 6.07) is 0. The maximum Gasteiger partial charge on any atom is 0.132 e. The van der Waals surface area contributed by atoms with E-state index in [2.05, 4.69) is 20.8 Å². The highest BCUT2D eigenvalue weighted by Gasteiger charge is 1.98. The van der Waals surface area contributed by atoms with Crippen LogP contribution in [0.4, 0.5) is 0 Å². The first-order valence-corrected chi connectivity index (χ1v) is 8.85. The first-order valence-electron chi connectivity index (χ1n) is 8.85. The van der Waals surface area contributed by atoms with E-state index < -0.39 is 0 Å². The zero-order chi connectivity index (χ0) is 15.5. The maximum atomic E-state index is 11.0. The lowest BCUT2D eigenvalue weighted by Gasteiger charge is -1.97. The van der Waals surface area contributed by atoms with E-state index in [-0.39, 0.29) is 0 Å². The highest BCUT2D eigenvalue weighted by atomic mass is 16.2. The summed E-state index contributed by atoms with van der Waals surface area (Å²) in [5, 5.41) is 8.47. The van der Waals surface area contributed by atoms with Crippen molar-refractivity contribution in [1.82, 2.24) is 0 Å². The van der Waals surface area contributed by atoms with E-state index in [4.69, 9.17) is 5.11 Å². The van der Waals surface area contributed by atoms with Gasteiger partial charge in [-0.3, -0.25) is 4.79 Å². The van der Waals surface area contributed by atoms with Crippen molar-refractivity contribution in [2.75, 3.05) is 6.61 Å². The SMILES string of the molecule is CCCCC(=O)CCCC.CCCCCCCCCO. The van der Waals surface area contributed by atoms with Gasteiger partial charge in [0.15, 0.2) is 0 Å². The second-order valence-electron chi connectivity index (χ2n) is 5.59. The third-order valence-electron chi connectivity index (χ3n) is 3.38. The Kier molecular flexibility index (Phi) is 22.9. The second kappa shape index (κ2) is 20.9. The molecule has 2 heteroatoms. The molecule has 0 amide bonds. The topological polar surface area (TPSA) is 37.3 Å². The van der Waals surface area contributed by atoms with E-state index in [1.807, 2.05) is 0 Å². The van der Waals surface area contributed by atoms with Crippen molar-refractivity contribution in [1.29, 1.82) is 0 Å². The molecule has 1 N–H and O–H groups in total. The van der Waals surface area contributed by atoms with Crippen molar-refractivity contribution < 1.29 is 9.90 Å². The summed E-state index contributed by atoms with van der Waals surface area (Å²) in [6.45, 7) is 6.84. The van der Waals surface area contributed by atoms with Crippen LogP contribution in [0, 0.1) is 0 Å². The number of carbonyl (C=O) groups excluding carboxylic acids is 1. The van der Waals surface area contributed by atoms with E-state index >= 15 is 0 Å². The molecule has 0 spiro atoms. The Balaban J connectivity index is 0. The van der Waals surface area contributed by atoms with E-state index in [0.717, 1.165) is 44.9 Å². The van der Waals surface area contributed by atoms with Crippen LogP contribution in [0.25, 0.3) is 0 Å². The van der Waals surface area contributed by atoms with Gasteiger partial charge in [-0.25, -0.2) is 0 Å². The van der Waals surface area contributed by atoms with Gasteiger partial charge in [0.25, 0.3) is 0 Å². The fraction of sp³-hybridized carbons (Fsp3) is 0.944. The molecule has 0 atom stereocenters. The minimum absolute atomic E-state index is 0.369. The Hall–Kier alpha value is -0.370. The van der Waals surface area contributed by atoms with Crippen LogP contribution in [0.15, 0.2) is 0 Å². The lowest BCUT2D eigenvalue weighted by atomic mass is 10.1. The van der Waals surface area contributed by atoms with Crippen LogP contribution in [0.5, 0.6) is 0 Å². The lowest BCUT2D eigenvalue weighted by molar-refractivity contribution is -0.119. The fourth-order valence-electron chi connectivity index (χ4n) is 1.94. The standard InChI is InChI=1S/C9H18O.C9H20O/c1-3-5-7-9(10)8-6-4-2;1-2-3-4-5-6-7-8-9-10/h3-8H2,1-2H3;10H,2-9H2,1H3. The molecule has 0 rings (SSSR count). The van der Waals surface area contributed by atoms with Crippen LogP contribution in [0.1, 0.15) is 104 Å². The number of rotatable bonds is 13. The summed E-state index contributed by atoms with van der Waals surface area (Å²) < 4.78 is 0. The molecule has 0 fully saturated rings. The van der Waals surface area contributed by atoms with Crippen LogP contribution in [-0.4, -0.2) is 17.5 Å². The Morgan fingerprint density at radius 1 is 0.650 bits per heavy atom. The predicted octanol–water partition coefficient (Wildman–Crippen LogP) is 5.67. The van der Waals surface area contributed by atoms with Crippen molar-refractivity contribution in [3.05, 3.63) is 0 Å². The van der Waals surface area contributed by atoms with Crippen LogP contribution in [-0.2, 0) is 4.79 Å². The molecular formula is C18H38O2. The van der Waals surface area contributed by atoms with Gasteiger partial charge >= 0.3 is 0 Å². The highest BCUT2D eigenvalue weighted by molar-refractivity contribution is 5.78. The van der Waals surface area contributed by atoms with Crippen LogP contribution in [0.3, 0.4) is 0 Å². The van der Waals surface area contributed by atoms with Crippen molar-refractivity contribution in [3.8, 4) is 0 Å². The van der Waals surface area contributed by atoms with Crippen molar-refractivity contribution in [3.63, 3.8) is 0 Å². The molecule has 0 aliphatic heterocycles. The van der Waals surface area contributed by atoms with Gasteiger partial charge in [0.2, 0.25) is 0 Å². The largest absolute Gasteiger partial charge is 0.396 e. The molecule has 0 aromatic rings. The predicted molar refractivity (Wildman–Crippen MR) is 89.1 cm³/mol. The average Bonchev–Trinajstić information content (AvgIpc) is 2.47. The number of hydrogen-bond donors (Lipinski definition) is 1. The number of unbranched alkanes of at least 4 members (excludes halogenated alkanes) is 8. The second-order valence-corrected chi connectivity index (χ2v) is 5.59. The zero-order valence-corrected chi connectivity index (χ0v) is 14.3. The molecule has 0 aromatic carbocycles. The Labute approximate surface area is 127 Å². The lowest BCUT2D eigenvalue weighted by Crippen LogP contribution is -1.96. The van der Waals surface area contributed by atoms with Crippen molar-refractivity contribution in [2.45, 2.75) is 104 Å².